The molecule has 0 saturated carbocycles. The fourth-order valence-electron chi connectivity index (χ4n) is 2.19. The smallest absolute Gasteiger partial charge is 0.255 e. The summed E-state index contributed by atoms with van der Waals surface area (Å²) in [6.07, 6.45) is 3.31. The Morgan fingerprint density at radius 1 is 1.23 bits per heavy atom. The Hall–Kier alpha value is -2.76. The van der Waals surface area contributed by atoms with Gasteiger partial charge in [-0.2, -0.15) is 5.10 Å². The fraction of sp³-hybridized carbons (Fsp3) is 0.188. The SMILES string of the molecule is CC(C)n1ncc2cc(NC(=O)c3ccc(F)cc3)cnc21. The summed E-state index contributed by atoms with van der Waals surface area (Å²) in [5.74, 6) is -0.682. The molecule has 3 aromatic rings. The van der Waals surface area contributed by atoms with Crippen molar-refractivity contribution in [2.75, 3.05) is 5.32 Å². The van der Waals surface area contributed by atoms with Crippen LogP contribution in [0.15, 0.2) is 42.7 Å². The van der Waals surface area contributed by atoms with Crippen molar-refractivity contribution < 1.29 is 9.18 Å². The zero-order chi connectivity index (χ0) is 15.7. The minimum atomic E-state index is -0.374. The summed E-state index contributed by atoms with van der Waals surface area (Å²) in [5.41, 5.74) is 1.74. The Morgan fingerprint density at radius 3 is 2.64 bits per heavy atom. The van der Waals surface area contributed by atoms with Crippen molar-refractivity contribution in [3.63, 3.8) is 0 Å². The van der Waals surface area contributed by atoms with Gasteiger partial charge in [-0.25, -0.2) is 14.1 Å². The Kier molecular flexibility index (Phi) is 3.58. The van der Waals surface area contributed by atoms with E-state index >= 15 is 0 Å². The van der Waals surface area contributed by atoms with Crippen LogP contribution in [-0.2, 0) is 0 Å². The molecule has 112 valence electrons. The second-order valence-electron chi connectivity index (χ2n) is 5.28. The van der Waals surface area contributed by atoms with Crippen LogP contribution in [0.5, 0.6) is 0 Å². The lowest BCUT2D eigenvalue weighted by Crippen LogP contribution is -2.12. The quantitative estimate of drug-likeness (QED) is 0.806. The van der Waals surface area contributed by atoms with Gasteiger partial charge in [-0.15, -0.1) is 0 Å². The second kappa shape index (κ2) is 5.55. The van der Waals surface area contributed by atoms with Crippen molar-refractivity contribution in [3.05, 3.63) is 54.1 Å². The highest BCUT2D eigenvalue weighted by Gasteiger charge is 2.10. The number of fused-ring (bicyclic) bond motifs is 1. The summed E-state index contributed by atoms with van der Waals surface area (Å²) in [6, 6.07) is 7.41. The Balaban J connectivity index is 1.85. The number of anilines is 1. The van der Waals surface area contributed by atoms with Crippen LogP contribution in [0.3, 0.4) is 0 Å². The van der Waals surface area contributed by atoms with Crippen LogP contribution in [0.2, 0.25) is 0 Å². The molecule has 1 aromatic carbocycles. The third-order valence-corrected chi connectivity index (χ3v) is 3.29. The molecule has 0 unspecified atom stereocenters. The molecule has 22 heavy (non-hydrogen) atoms. The van der Waals surface area contributed by atoms with Crippen molar-refractivity contribution >= 4 is 22.6 Å². The van der Waals surface area contributed by atoms with Crippen molar-refractivity contribution in [3.8, 4) is 0 Å². The predicted molar refractivity (Wildman–Crippen MR) is 82.3 cm³/mol. The number of aromatic nitrogens is 3. The predicted octanol–water partition coefficient (Wildman–Crippen LogP) is 3.40. The van der Waals surface area contributed by atoms with Gasteiger partial charge in [-0.1, -0.05) is 0 Å². The second-order valence-corrected chi connectivity index (χ2v) is 5.28. The molecule has 0 aliphatic carbocycles. The first-order chi connectivity index (χ1) is 10.5. The van der Waals surface area contributed by atoms with Gasteiger partial charge in [0.05, 0.1) is 18.1 Å². The maximum atomic E-state index is 12.9. The maximum absolute atomic E-state index is 12.9. The van der Waals surface area contributed by atoms with Crippen LogP contribution in [0.4, 0.5) is 10.1 Å². The molecule has 1 N–H and O–H groups in total. The van der Waals surface area contributed by atoms with Gasteiger partial charge in [0.25, 0.3) is 5.91 Å². The summed E-state index contributed by atoms with van der Waals surface area (Å²) >= 11 is 0. The Labute approximate surface area is 126 Å². The lowest BCUT2D eigenvalue weighted by molar-refractivity contribution is 0.102. The van der Waals surface area contributed by atoms with E-state index in [0.29, 0.717) is 11.3 Å². The lowest BCUT2D eigenvalue weighted by atomic mass is 10.2. The van der Waals surface area contributed by atoms with Gasteiger partial charge >= 0.3 is 0 Å². The van der Waals surface area contributed by atoms with Gasteiger partial charge in [0.2, 0.25) is 0 Å². The summed E-state index contributed by atoms with van der Waals surface area (Å²) in [7, 11) is 0. The molecule has 0 radical (unpaired) electrons. The minimum Gasteiger partial charge on any atom is -0.321 e. The highest BCUT2D eigenvalue weighted by Crippen LogP contribution is 2.19. The van der Waals surface area contributed by atoms with E-state index in [2.05, 4.69) is 15.4 Å². The van der Waals surface area contributed by atoms with Crippen LogP contribution in [0.1, 0.15) is 30.2 Å². The van der Waals surface area contributed by atoms with Crippen LogP contribution >= 0.6 is 0 Å². The van der Waals surface area contributed by atoms with Crippen LogP contribution in [0, 0.1) is 5.82 Å². The molecule has 0 bridgehead atoms. The molecule has 0 aliphatic heterocycles. The first kappa shape index (κ1) is 14.2. The van der Waals surface area contributed by atoms with Crippen molar-refractivity contribution in [1.29, 1.82) is 0 Å². The highest BCUT2D eigenvalue weighted by molar-refractivity contribution is 6.04. The summed E-state index contributed by atoms with van der Waals surface area (Å²) < 4.78 is 14.7. The first-order valence-corrected chi connectivity index (χ1v) is 6.95. The lowest BCUT2D eigenvalue weighted by Gasteiger charge is -2.07. The zero-order valence-corrected chi connectivity index (χ0v) is 12.2. The van der Waals surface area contributed by atoms with Crippen LogP contribution in [0.25, 0.3) is 11.0 Å². The molecule has 1 amide bonds. The third-order valence-electron chi connectivity index (χ3n) is 3.29. The summed E-state index contributed by atoms with van der Waals surface area (Å²) in [6.45, 7) is 4.05. The normalized spacial score (nSPS) is 11.1. The third kappa shape index (κ3) is 2.67. The number of benzene rings is 1. The van der Waals surface area contributed by atoms with E-state index in [-0.39, 0.29) is 17.8 Å². The molecular weight excluding hydrogens is 283 g/mol. The molecule has 5 nitrogen and oxygen atoms in total. The number of carbonyl (C=O) groups excluding carboxylic acids is 1. The molecule has 0 atom stereocenters. The molecule has 0 saturated heterocycles. The Morgan fingerprint density at radius 2 is 1.95 bits per heavy atom. The molecular formula is C16H15FN4O. The van der Waals surface area contributed by atoms with Gasteiger partial charge in [0.1, 0.15) is 5.82 Å². The number of hydrogen-bond acceptors (Lipinski definition) is 3. The van der Waals surface area contributed by atoms with Gasteiger partial charge in [-0.3, -0.25) is 4.79 Å². The van der Waals surface area contributed by atoms with Crippen molar-refractivity contribution in [2.24, 2.45) is 0 Å². The van der Waals surface area contributed by atoms with Crippen LogP contribution < -0.4 is 5.32 Å². The number of pyridine rings is 1. The maximum Gasteiger partial charge on any atom is 0.255 e. The average molecular weight is 298 g/mol. The number of nitrogens with zero attached hydrogens (tertiary/aromatic N) is 3. The molecule has 2 heterocycles. The summed E-state index contributed by atoms with van der Waals surface area (Å²) in [5, 5.41) is 7.88. The minimum absolute atomic E-state index is 0.213. The van der Waals surface area contributed by atoms with Gasteiger partial charge < -0.3 is 5.32 Å². The molecule has 2 aromatic heterocycles. The molecule has 0 spiro atoms. The van der Waals surface area contributed by atoms with E-state index in [1.54, 1.807) is 12.4 Å². The van der Waals surface area contributed by atoms with Crippen LogP contribution in [-0.4, -0.2) is 20.7 Å². The number of hydrogen-bond donors (Lipinski definition) is 1. The number of rotatable bonds is 3. The van der Waals surface area contributed by atoms with E-state index in [9.17, 15) is 9.18 Å². The molecule has 0 fully saturated rings. The number of halogens is 1. The van der Waals surface area contributed by atoms with Crippen molar-refractivity contribution in [1.82, 2.24) is 14.8 Å². The standard InChI is InChI=1S/C16H15FN4O/c1-10(2)21-15-12(8-19-21)7-14(9-18-15)20-16(22)11-3-5-13(17)6-4-11/h3-10H,1-2H3,(H,20,22). The topological polar surface area (TPSA) is 59.8 Å². The van der Waals surface area contributed by atoms with E-state index < -0.39 is 0 Å². The van der Waals surface area contributed by atoms with E-state index in [1.165, 1.54) is 24.3 Å². The molecule has 6 heteroatoms. The summed E-state index contributed by atoms with van der Waals surface area (Å²) in [4.78, 5) is 16.4. The van der Waals surface area contributed by atoms with Gasteiger partial charge in [0, 0.05) is 17.0 Å². The fourth-order valence-corrected chi connectivity index (χ4v) is 2.19. The van der Waals surface area contributed by atoms with Crippen molar-refractivity contribution in [2.45, 2.75) is 19.9 Å². The Bertz CT molecular complexity index is 824. The van der Waals surface area contributed by atoms with Gasteiger partial charge in [-0.05, 0) is 44.2 Å². The van der Waals surface area contributed by atoms with Gasteiger partial charge in [0.15, 0.2) is 5.65 Å². The van der Waals surface area contributed by atoms with E-state index in [0.717, 1.165) is 11.0 Å². The number of nitrogens with one attached hydrogen (secondary N) is 1. The molecule has 3 rings (SSSR count). The number of carbonyl (C=O) groups is 1. The van der Waals surface area contributed by atoms with E-state index in [4.69, 9.17) is 0 Å². The number of amides is 1. The average Bonchev–Trinajstić information content (AvgIpc) is 2.91. The highest BCUT2D eigenvalue weighted by atomic mass is 19.1. The zero-order valence-electron chi connectivity index (χ0n) is 12.2. The largest absolute Gasteiger partial charge is 0.321 e. The molecule has 0 aliphatic rings. The van der Waals surface area contributed by atoms with E-state index in [1.807, 2.05) is 24.6 Å². The first-order valence-electron chi connectivity index (χ1n) is 6.95. The monoisotopic (exact) mass is 298 g/mol.